The van der Waals surface area contributed by atoms with Gasteiger partial charge >= 0.3 is 0 Å². The van der Waals surface area contributed by atoms with Gasteiger partial charge in [-0.1, -0.05) is 24.3 Å². The van der Waals surface area contributed by atoms with Gasteiger partial charge in [0.05, 0.1) is 0 Å². The van der Waals surface area contributed by atoms with Crippen molar-refractivity contribution in [2.24, 2.45) is 0 Å². The van der Waals surface area contributed by atoms with Crippen LogP contribution in [-0.2, 0) is 0 Å². The third-order valence-electron chi connectivity index (χ3n) is 3.95. The first-order valence-electron chi connectivity index (χ1n) is 6.64. The normalized spacial score (nSPS) is 11.4. The van der Waals surface area contributed by atoms with Gasteiger partial charge in [0.25, 0.3) is 0 Å². The van der Waals surface area contributed by atoms with E-state index in [-0.39, 0.29) is 17.2 Å². The van der Waals surface area contributed by atoms with Crippen LogP contribution in [0.15, 0.2) is 54.6 Å². The first-order chi connectivity index (χ1) is 10.1. The van der Waals surface area contributed by atoms with E-state index < -0.39 is 0 Å². The SMILES string of the molecule is Oc1ccc2ccc3c4ccc(O)c(O)c4ccc3c2c1. The van der Waals surface area contributed by atoms with E-state index in [1.165, 1.54) is 6.07 Å². The second kappa shape index (κ2) is 4.03. The van der Waals surface area contributed by atoms with Crippen LogP contribution >= 0.6 is 0 Å². The molecule has 4 aromatic rings. The molecule has 0 unspecified atom stereocenters. The molecule has 0 atom stereocenters. The number of phenolic OH excluding ortho intramolecular Hbond substituents is 3. The predicted molar refractivity (Wildman–Crippen MR) is 84.0 cm³/mol. The van der Waals surface area contributed by atoms with Gasteiger partial charge in [-0.2, -0.15) is 0 Å². The summed E-state index contributed by atoms with van der Waals surface area (Å²) in [5, 5.41) is 34.8. The molecule has 3 heteroatoms. The van der Waals surface area contributed by atoms with Gasteiger partial charge < -0.3 is 15.3 Å². The van der Waals surface area contributed by atoms with E-state index in [0.717, 1.165) is 26.9 Å². The molecule has 0 saturated carbocycles. The average Bonchev–Trinajstić information content (AvgIpc) is 2.50. The zero-order valence-electron chi connectivity index (χ0n) is 11.0. The topological polar surface area (TPSA) is 60.7 Å². The molecule has 0 aromatic heterocycles. The zero-order chi connectivity index (χ0) is 14.6. The standard InChI is InChI=1S/C18H12O3/c19-11-3-1-10-2-4-12-13-7-8-17(20)18(21)15(13)6-5-14(12)16(10)9-11/h1-9,19-21H. The maximum Gasteiger partial charge on any atom is 0.165 e. The maximum absolute atomic E-state index is 9.99. The highest BCUT2D eigenvalue weighted by Gasteiger charge is 2.10. The molecular formula is C18H12O3. The lowest BCUT2D eigenvalue weighted by Crippen LogP contribution is -1.82. The van der Waals surface area contributed by atoms with Crippen LogP contribution < -0.4 is 0 Å². The Morgan fingerprint density at radius 1 is 0.524 bits per heavy atom. The fraction of sp³-hybridized carbons (Fsp3) is 0. The van der Waals surface area contributed by atoms with Gasteiger partial charge in [0, 0.05) is 5.39 Å². The summed E-state index contributed by atoms with van der Waals surface area (Å²) in [5.74, 6) is -0.00524. The molecule has 0 aliphatic carbocycles. The summed E-state index contributed by atoms with van der Waals surface area (Å²) < 4.78 is 0. The van der Waals surface area contributed by atoms with Gasteiger partial charge in [-0.3, -0.25) is 0 Å². The van der Waals surface area contributed by atoms with Crippen molar-refractivity contribution in [2.45, 2.75) is 0 Å². The van der Waals surface area contributed by atoms with Crippen LogP contribution in [0.4, 0.5) is 0 Å². The second-order valence-electron chi connectivity index (χ2n) is 5.16. The van der Waals surface area contributed by atoms with Crippen molar-refractivity contribution in [3.63, 3.8) is 0 Å². The summed E-state index contributed by atoms with van der Waals surface area (Å²) in [5.41, 5.74) is 0. The van der Waals surface area contributed by atoms with Gasteiger partial charge in [-0.15, -0.1) is 0 Å². The lowest BCUT2D eigenvalue weighted by atomic mass is 9.96. The Morgan fingerprint density at radius 2 is 1.10 bits per heavy atom. The van der Waals surface area contributed by atoms with E-state index in [9.17, 15) is 15.3 Å². The van der Waals surface area contributed by atoms with Crippen molar-refractivity contribution < 1.29 is 15.3 Å². The van der Waals surface area contributed by atoms with Crippen molar-refractivity contribution in [1.29, 1.82) is 0 Å². The molecule has 0 aliphatic rings. The number of fused-ring (bicyclic) bond motifs is 5. The van der Waals surface area contributed by atoms with E-state index >= 15 is 0 Å². The van der Waals surface area contributed by atoms with Crippen LogP contribution in [0.1, 0.15) is 0 Å². The number of aromatic hydroxyl groups is 3. The number of benzene rings is 4. The van der Waals surface area contributed by atoms with Gasteiger partial charge in [0.15, 0.2) is 11.5 Å². The lowest BCUT2D eigenvalue weighted by molar-refractivity contribution is 0.408. The zero-order valence-corrected chi connectivity index (χ0v) is 11.0. The van der Waals surface area contributed by atoms with Crippen LogP contribution in [0.3, 0.4) is 0 Å². The molecule has 0 heterocycles. The van der Waals surface area contributed by atoms with Crippen LogP contribution in [0, 0.1) is 0 Å². The average molecular weight is 276 g/mol. The highest BCUT2D eigenvalue weighted by atomic mass is 16.3. The van der Waals surface area contributed by atoms with Crippen molar-refractivity contribution >= 4 is 32.3 Å². The van der Waals surface area contributed by atoms with Crippen molar-refractivity contribution in [3.8, 4) is 17.2 Å². The van der Waals surface area contributed by atoms with Crippen LogP contribution in [0.2, 0.25) is 0 Å². The van der Waals surface area contributed by atoms with E-state index in [1.54, 1.807) is 24.3 Å². The molecule has 0 spiro atoms. The first kappa shape index (κ1) is 11.9. The summed E-state index contributed by atoms with van der Waals surface area (Å²) in [4.78, 5) is 0. The maximum atomic E-state index is 9.99. The van der Waals surface area contributed by atoms with E-state index in [2.05, 4.69) is 0 Å². The van der Waals surface area contributed by atoms with E-state index in [4.69, 9.17) is 0 Å². The Bertz CT molecular complexity index is 1020. The van der Waals surface area contributed by atoms with Crippen molar-refractivity contribution in [3.05, 3.63) is 54.6 Å². The third kappa shape index (κ3) is 1.61. The largest absolute Gasteiger partial charge is 0.508 e. The highest BCUT2D eigenvalue weighted by Crippen LogP contribution is 2.39. The summed E-state index contributed by atoms with van der Waals surface area (Å²) in [6.45, 7) is 0. The van der Waals surface area contributed by atoms with E-state index in [1.807, 2.05) is 24.3 Å². The van der Waals surface area contributed by atoms with Gasteiger partial charge in [0.1, 0.15) is 5.75 Å². The molecule has 0 radical (unpaired) electrons. The minimum Gasteiger partial charge on any atom is -0.508 e. The molecule has 0 bridgehead atoms. The number of hydrogen-bond acceptors (Lipinski definition) is 3. The lowest BCUT2D eigenvalue weighted by Gasteiger charge is -2.09. The van der Waals surface area contributed by atoms with Gasteiger partial charge in [0.2, 0.25) is 0 Å². The predicted octanol–water partition coefficient (Wildman–Crippen LogP) is 4.26. The van der Waals surface area contributed by atoms with Crippen molar-refractivity contribution in [2.75, 3.05) is 0 Å². The molecule has 4 aromatic carbocycles. The molecule has 0 amide bonds. The molecular weight excluding hydrogens is 264 g/mol. The Hall–Kier alpha value is -2.94. The number of rotatable bonds is 0. The molecule has 0 aliphatic heterocycles. The second-order valence-corrected chi connectivity index (χ2v) is 5.16. The van der Waals surface area contributed by atoms with Gasteiger partial charge in [-0.25, -0.2) is 0 Å². The quantitative estimate of drug-likeness (QED) is 0.332. The minimum absolute atomic E-state index is 0.106. The van der Waals surface area contributed by atoms with Crippen LogP contribution in [0.5, 0.6) is 17.2 Å². The molecule has 3 nitrogen and oxygen atoms in total. The van der Waals surface area contributed by atoms with Gasteiger partial charge in [-0.05, 0) is 57.3 Å². The molecule has 0 fully saturated rings. The summed E-state index contributed by atoms with van der Waals surface area (Å²) >= 11 is 0. The Kier molecular flexibility index (Phi) is 2.27. The molecule has 3 N–H and O–H groups in total. The summed E-state index contributed by atoms with van der Waals surface area (Å²) in [6.07, 6.45) is 0. The monoisotopic (exact) mass is 276 g/mol. The van der Waals surface area contributed by atoms with Crippen LogP contribution in [0.25, 0.3) is 32.3 Å². The molecule has 21 heavy (non-hydrogen) atoms. The number of hydrogen-bond donors (Lipinski definition) is 3. The summed E-state index contributed by atoms with van der Waals surface area (Å²) in [7, 11) is 0. The molecule has 4 rings (SSSR count). The number of phenols is 3. The van der Waals surface area contributed by atoms with Crippen molar-refractivity contribution in [1.82, 2.24) is 0 Å². The Morgan fingerprint density at radius 3 is 1.95 bits per heavy atom. The molecule has 102 valence electrons. The van der Waals surface area contributed by atoms with Crippen LogP contribution in [-0.4, -0.2) is 15.3 Å². The Balaban J connectivity index is 2.25. The first-order valence-corrected chi connectivity index (χ1v) is 6.64. The fourth-order valence-corrected chi connectivity index (χ4v) is 2.91. The highest BCUT2D eigenvalue weighted by molar-refractivity contribution is 6.18. The van der Waals surface area contributed by atoms with E-state index in [0.29, 0.717) is 5.39 Å². The fourth-order valence-electron chi connectivity index (χ4n) is 2.91. The minimum atomic E-state index is -0.125. The molecule has 0 saturated heterocycles. The third-order valence-corrected chi connectivity index (χ3v) is 3.95. The summed E-state index contributed by atoms with van der Waals surface area (Å²) in [6, 6.07) is 16.2. The Labute approximate surface area is 120 Å². The smallest absolute Gasteiger partial charge is 0.165 e.